The minimum absolute atomic E-state index is 0.132. The van der Waals surface area contributed by atoms with Gasteiger partial charge in [-0.3, -0.25) is 4.79 Å². The van der Waals surface area contributed by atoms with Crippen LogP contribution in [0.1, 0.15) is 27.9 Å². The first-order chi connectivity index (χ1) is 10.2. The molecule has 108 valence electrons. The fourth-order valence-corrected chi connectivity index (χ4v) is 2.72. The molecule has 0 aromatic heterocycles. The zero-order chi connectivity index (χ0) is 14.8. The molecule has 0 radical (unpaired) electrons. The minimum atomic E-state index is -0.132. The van der Waals surface area contributed by atoms with Gasteiger partial charge in [0.2, 0.25) is 0 Å². The van der Waals surface area contributed by atoms with Crippen LogP contribution in [-0.2, 0) is 12.8 Å². The van der Waals surface area contributed by atoms with Crippen LogP contribution in [0.5, 0.6) is 5.75 Å². The second-order valence-corrected chi connectivity index (χ2v) is 5.25. The number of anilines is 2. The van der Waals surface area contributed by atoms with Crippen molar-refractivity contribution in [2.45, 2.75) is 19.3 Å². The molecule has 3 N–H and O–H groups in total. The van der Waals surface area contributed by atoms with Gasteiger partial charge in [0.15, 0.2) is 0 Å². The molecule has 3 rings (SSSR count). The second kappa shape index (κ2) is 5.48. The number of nitrogens with two attached hydrogens (primary N) is 1. The van der Waals surface area contributed by atoms with Gasteiger partial charge in [-0.05, 0) is 54.7 Å². The summed E-state index contributed by atoms with van der Waals surface area (Å²) in [5.41, 5.74) is 10.3. The summed E-state index contributed by atoms with van der Waals surface area (Å²) in [5.74, 6) is 0.428. The van der Waals surface area contributed by atoms with Crippen molar-refractivity contribution >= 4 is 17.3 Å². The Hall–Kier alpha value is -2.49. The number of fused-ring (bicyclic) bond motifs is 1. The van der Waals surface area contributed by atoms with Crippen molar-refractivity contribution in [3.63, 3.8) is 0 Å². The van der Waals surface area contributed by atoms with E-state index in [1.807, 2.05) is 12.1 Å². The highest BCUT2D eigenvalue weighted by Gasteiger charge is 2.15. The third-order valence-electron chi connectivity index (χ3n) is 3.83. The quantitative estimate of drug-likeness (QED) is 0.850. The first-order valence-corrected chi connectivity index (χ1v) is 7.04. The van der Waals surface area contributed by atoms with Gasteiger partial charge >= 0.3 is 0 Å². The van der Waals surface area contributed by atoms with Crippen molar-refractivity contribution in [3.8, 4) is 5.75 Å². The van der Waals surface area contributed by atoms with Gasteiger partial charge in [0, 0.05) is 17.3 Å². The highest BCUT2D eigenvalue weighted by molar-refractivity contribution is 6.05. The van der Waals surface area contributed by atoms with E-state index in [1.54, 1.807) is 25.3 Å². The monoisotopic (exact) mass is 282 g/mol. The number of hydrogen-bond acceptors (Lipinski definition) is 3. The summed E-state index contributed by atoms with van der Waals surface area (Å²) in [6.07, 6.45) is 3.34. The number of methoxy groups -OCH3 is 1. The molecular weight excluding hydrogens is 264 g/mol. The third kappa shape index (κ3) is 2.70. The predicted octanol–water partition coefficient (Wildman–Crippen LogP) is 3.02. The molecule has 1 aliphatic carbocycles. The Balaban J connectivity index is 1.83. The van der Waals surface area contributed by atoms with Crippen molar-refractivity contribution in [2.75, 3.05) is 18.2 Å². The molecule has 0 saturated carbocycles. The van der Waals surface area contributed by atoms with Crippen LogP contribution in [0.2, 0.25) is 0 Å². The van der Waals surface area contributed by atoms with E-state index in [-0.39, 0.29) is 5.91 Å². The van der Waals surface area contributed by atoms with Crippen molar-refractivity contribution < 1.29 is 9.53 Å². The van der Waals surface area contributed by atoms with Crippen LogP contribution in [0.4, 0.5) is 11.4 Å². The normalized spacial score (nSPS) is 12.8. The Morgan fingerprint density at radius 2 is 1.95 bits per heavy atom. The number of nitrogen functional groups attached to an aromatic ring is 1. The zero-order valence-electron chi connectivity index (χ0n) is 12.0. The molecule has 0 unspecified atom stereocenters. The van der Waals surface area contributed by atoms with Crippen molar-refractivity contribution in [1.29, 1.82) is 0 Å². The first kappa shape index (κ1) is 13.5. The van der Waals surface area contributed by atoms with E-state index >= 15 is 0 Å². The fourth-order valence-electron chi connectivity index (χ4n) is 2.72. The molecule has 2 aromatic rings. The minimum Gasteiger partial charge on any atom is -0.494 e. The van der Waals surface area contributed by atoms with Crippen LogP contribution in [0.25, 0.3) is 0 Å². The van der Waals surface area contributed by atoms with E-state index in [2.05, 4.69) is 11.4 Å². The summed E-state index contributed by atoms with van der Waals surface area (Å²) in [6, 6.07) is 11.1. The number of amides is 1. The lowest BCUT2D eigenvalue weighted by molar-refractivity contribution is 0.102. The highest BCUT2D eigenvalue weighted by Crippen LogP contribution is 2.28. The Morgan fingerprint density at radius 1 is 1.14 bits per heavy atom. The summed E-state index contributed by atoms with van der Waals surface area (Å²) in [7, 11) is 1.56. The number of carbonyl (C=O) groups is 1. The number of hydrogen-bond donors (Lipinski definition) is 2. The summed E-state index contributed by atoms with van der Waals surface area (Å²) in [4.78, 5) is 12.4. The van der Waals surface area contributed by atoms with Gasteiger partial charge in [-0.15, -0.1) is 0 Å². The third-order valence-corrected chi connectivity index (χ3v) is 3.83. The van der Waals surface area contributed by atoms with Gasteiger partial charge in [0.25, 0.3) is 5.91 Å². The molecule has 2 aromatic carbocycles. The SMILES string of the molecule is COc1cc(N)ccc1NC(=O)c1ccc2c(c1)CCC2. The maximum Gasteiger partial charge on any atom is 0.255 e. The Morgan fingerprint density at radius 3 is 2.76 bits per heavy atom. The maximum absolute atomic E-state index is 12.4. The molecule has 4 heteroatoms. The average molecular weight is 282 g/mol. The summed E-state index contributed by atoms with van der Waals surface area (Å²) in [5, 5.41) is 2.88. The standard InChI is InChI=1S/C17H18N2O2/c1-21-16-10-14(18)7-8-15(16)19-17(20)13-6-5-11-3-2-4-12(11)9-13/h5-10H,2-4,18H2,1H3,(H,19,20). The van der Waals surface area contributed by atoms with Crippen LogP contribution in [0, 0.1) is 0 Å². The smallest absolute Gasteiger partial charge is 0.255 e. The van der Waals surface area contributed by atoms with Crippen LogP contribution < -0.4 is 15.8 Å². The van der Waals surface area contributed by atoms with E-state index < -0.39 is 0 Å². The Labute approximate surface area is 123 Å². The number of aryl methyl sites for hydroxylation is 2. The number of nitrogens with one attached hydrogen (secondary N) is 1. The topological polar surface area (TPSA) is 64.3 Å². The largest absolute Gasteiger partial charge is 0.494 e. The van der Waals surface area contributed by atoms with Crippen molar-refractivity contribution in [1.82, 2.24) is 0 Å². The molecule has 21 heavy (non-hydrogen) atoms. The molecule has 0 spiro atoms. The van der Waals surface area contributed by atoms with Gasteiger partial charge < -0.3 is 15.8 Å². The Kier molecular flexibility index (Phi) is 3.52. The second-order valence-electron chi connectivity index (χ2n) is 5.25. The van der Waals surface area contributed by atoms with Gasteiger partial charge in [-0.1, -0.05) is 6.07 Å². The molecule has 1 aliphatic rings. The molecule has 4 nitrogen and oxygen atoms in total. The molecule has 0 fully saturated rings. The molecule has 0 bridgehead atoms. The lowest BCUT2D eigenvalue weighted by atomic mass is 10.1. The fraction of sp³-hybridized carbons (Fsp3) is 0.235. The van der Waals surface area contributed by atoms with E-state index in [0.717, 1.165) is 12.8 Å². The summed E-state index contributed by atoms with van der Waals surface area (Å²) < 4.78 is 5.24. The molecule has 0 atom stereocenters. The number of benzene rings is 2. The highest BCUT2D eigenvalue weighted by atomic mass is 16.5. The average Bonchev–Trinajstić information content (AvgIpc) is 2.96. The number of ether oxygens (including phenoxy) is 1. The molecule has 0 aliphatic heterocycles. The van der Waals surface area contributed by atoms with Crippen LogP contribution in [0.15, 0.2) is 36.4 Å². The van der Waals surface area contributed by atoms with E-state index in [1.165, 1.54) is 17.5 Å². The van der Waals surface area contributed by atoms with Gasteiger partial charge in [-0.2, -0.15) is 0 Å². The molecular formula is C17H18N2O2. The lowest BCUT2D eigenvalue weighted by Gasteiger charge is -2.11. The van der Waals surface area contributed by atoms with E-state index in [0.29, 0.717) is 22.7 Å². The predicted molar refractivity (Wildman–Crippen MR) is 83.8 cm³/mol. The van der Waals surface area contributed by atoms with Gasteiger partial charge in [0.1, 0.15) is 5.75 Å². The van der Waals surface area contributed by atoms with Crippen LogP contribution in [0.3, 0.4) is 0 Å². The van der Waals surface area contributed by atoms with Crippen molar-refractivity contribution in [2.24, 2.45) is 0 Å². The van der Waals surface area contributed by atoms with Gasteiger partial charge in [-0.25, -0.2) is 0 Å². The number of rotatable bonds is 3. The number of carbonyl (C=O) groups excluding carboxylic acids is 1. The van der Waals surface area contributed by atoms with Crippen LogP contribution in [-0.4, -0.2) is 13.0 Å². The zero-order valence-corrected chi connectivity index (χ0v) is 12.0. The molecule has 1 amide bonds. The lowest BCUT2D eigenvalue weighted by Crippen LogP contribution is -2.13. The summed E-state index contributed by atoms with van der Waals surface area (Å²) in [6.45, 7) is 0. The van der Waals surface area contributed by atoms with E-state index in [9.17, 15) is 4.79 Å². The first-order valence-electron chi connectivity index (χ1n) is 7.04. The molecule has 0 heterocycles. The van der Waals surface area contributed by atoms with E-state index in [4.69, 9.17) is 10.5 Å². The summed E-state index contributed by atoms with van der Waals surface area (Å²) >= 11 is 0. The maximum atomic E-state index is 12.4. The van der Waals surface area contributed by atoms with Crippen LogP contribution >= 0.6 is 0 Å². The molecule has 0 saturated heterocycles. The van der Waals surface area contributed by atoms with Crippen molar-refractivity contribution in [3.05, 3.63) is 53.1 Å². The van der Waals surface area contributed by atoms with Gasteiger partial charge in [0.05, 0.1) is 12.8 Å². The Bertz CT molecular complexity index is 695.